The molecule has 10 heteroatoms. The smallest absolute Gasteiger partial charge is 0.238 e. The van der Waals surface area contributed by atoms with Crippen LogP contribution in [0.4, 0.5) is 11.4 Å². The van der Waals surface area contributed by atoms with E-state index in [9.17, 15) is 33.9 Å². The third-order valence-electron chi connectivity index (χ3n) is 10.0. The summed E-state index contributed by atoms with van der Waals surface area (Å²) in [5, 5.41) is 11.4. The van der Waals surface area contributed by atoms with Gasteiger partial charge < -0.3 is 5.11 Å². The largest absolute Gasteiger partial charge is 0.508 e. The number of phenols is 1. The van der Waals surface area contributed by atoms with Crippen molar-refractivity contribution in [2.45, 2.75) is 32.6 Å². The van der Waals surface area contributed by atoms with Crippen molar-refractivity contribution in [1.29, 1.82) is 0 Å². The van der Waals surface area contributed by atoms with Crippen molar-refractivity contribution in [2.75, 3.05) is 9.80 Å². The van der Waals surface area contributed by atoms with Gasteiger partial charge >= 0.3 is 0 Å². The maximum Gasteiger partial charge on any atom is 0.238 e. The molecule has 0 bridgehead atoms. The van der Waals surface area contributed by atoms with Crippen LogP contribution in [0.5, 0.6) is 5.75 Å². The maximum atomic E-state index is 14.2. The Morgan fingerprint density at radius 1 is 0.696 bits per heavy atom. The van der Waals surface area contributed by atoms with Crippen LogP contribution in [0.25, 0.3) is 0 Å². The molecule has 3 fully saturated rings. The lowest BCUT2D eigenvalue weighted by atomic mass is 9.57. The average Bonchev–Trinajstić information content (AvgIpc) is 3.45. The third-order valence-corrected chi connectivity index (χ3v) is 10.3. The first-order chi connectivity index (χ1) is 22.0. The van der Waals surface area contributed by atoms with Crippen molar-refractivity contribution in [1.82, 2.24) is 0 Å². The molecule has 0 radical (unpaired) electrons. The number of anilines is 2. The fourth-order valence-corrected chi connectivity index (χ4v) is 8.09. The number of nitrogens with zero attached hydrogens (tertiary/aromatic N) is 2. The van der Waals surface area contributed by atoms with Gasteiger partial charge in [-0.3, -0.25) is 38.6 Å². The number of ketones is 2. The number of halogens is 1. The van der Waals surface area contributed by atoms with Crippen molar-refractivity contribution in [3.05, 3.63) is 100 Å². The first kappa shape index (κ1) is 29.8. The van der Waals surface area contributed by atoms with E-state index >= 15 is 0 Å². The zero-order valence-corrected chi connectivity index (χ0v) is 25.7. The fraction of sp³-hybridized carbons (Fsp3) is 0.278. The summed E-state index contributed by atoms with van der Waals surface area (Å²) in [6, 6.07) is 17.1. The predicted molar refractivity (Wildman–Crippen MR) is 169 cm³/mol. The highest BCUT2D eigenvalue weighted by Gasteiger charge is 2.62. The number of imide groups is 2. The van der Waals surface area contributed by atoms with E-state index in [1.807, 2.05) is 6.08 Å². The van der Waals surface area contributed by atoms with Crippen LogP contribution in [0.15, 0.2) is 78.4 Å². The van der Waals surface area contributed by atoms with Crippen LogP contribution in [0, 0.1) is 29.6 Å². The number of allylic oxidation sites excluding steroid dienone is 2. The minimum absolute atomic E-state index is 0.0950. The van der Waals surface area contributed by atoms with Gasteiger partial charge in [0.15, 0.2) is 11.6 Å². The molecule has 3 aromatic rings. The van der Waals surface area contributed by atoms with Crippen molar-refractivity contribution in [3.63, 3.8) is 0 Å². The van der Waals surface area contributed by atoms with Crippen LogP contribution in [0.1, 0.15) is 58.9 Å². The van der Waals surface area contributed by atoms with Gasteiger partial charge in [-0.05, 0) is 99.3 Å². The summed E-state index contributed by atoms with van der Waals surface area (Å²) in [6.45, 7) is 2.86. The average molecular weight is 637 g/mol. The minimum Gasteiger partial charge on any atom is -0.508 e. The van der Waals surface area contributed by atoms with Gasteiger partial charge in [0, 0.05) is 27.6 Å². The summed E-state index contributed by atoms with van der Waals surface area (Å²) in [5.74, 6) is -6.52. The second-order valence-corrected chi connectivity index (χ2v) is 12.9. The van der Waals surface area contributed by atoms with E-state index in [-0.39, 0.29) is 36.1 Å². The lowest BCUT2D eigenvalue weighted by molar-refractivity contribution is -0.126. The Labute approximate surface area is 269 Å². The van der Waals surface area contributed by atoms with Crippen LogP contribution >= 0.6 is 11.6 Å². The highest BCUT2D eigenvalue weighted by molar-refractivity contribution is 6.30. The molecule has 46 heavy (non-hydrogen) atoms. The Balaban J connectivity index is 1.31. The Morgan fingerprint density at radius 2 is 1.22 bits per heavy atom. The van der Waals surface area contributed by atoms with Crippen LogP contribution in [0.2, 0.25) is 5.02 Å². The summed E-state index contributed by atoms with van der Waals surface area (Å²) in [7, 11) is 0. The molecular formula is C36H29ClN2O7. The second-order valence-electron chi connectivity index (χ2n) is 12.5. The summed E-state index contributed by atoms with van der Waals surface area (Å²) in [6.07, 6.45) is 2.30. The van der Waals surface area contributed by atoms with Gasteiger partial charge in [-0.15, -0.1) is 0 Å². The molecule has 0 spiro atoms. The van der Waals surface area contributed by atoms with Gasteiger partial charge in [0.05, 0.1) is 35.0 Å². The summed E-state index contributed by atoms with van der Waals surface area (Å²) in [4.78, 5) is 82.2. The molecule has 232 valence electrons. The first-order valence-corrected chi connectivity index (χ1v) is 15.5. The van der Waals surface area contributed by atoms with Gasteiger partial charge in [-0.2, -0.15) is 0 Å². The number of benzene rings is 3. The fourth-order valence-electron chi connectivity index (χ4n) is 7.91. The first-order valence-electron chi connectivity index (χ1n) is 15.1. The third kappa shape index (κ3) is 4.44. The van der Waals surface area contributed by atoms with E-state index in [0.29, 0.717) is 33.1 Å². The molecule has 9 nitrogen and oxygen atoms in total. The second kappa shape index (κ2) is 10.9. The van der Waals surface area contributed by atoms with Gasteiger partial charge in [0.1, 0.15) is 5.75 Å². The number of amides is 4. The molecular weight excluding hydrogens is 608 g/mol. The van der Waals surface area contributed by atoms with E-state index in [1.54, 1.807) is 54.6 Å². The Kier molecular flexibility index (Phi) is 7.05. The van der Waals surface area contributed by atoms with Crippen LogP contribution in [-0.2, 0) is 19.2 Å². The maximum absolute atomic E-state index is 14.2. The molecule has 0 aromatic heterocycles. The number of hydrogen-bond donors (Lipinski definition) is 1. The van der Waals surface area contributed by atoms with E-state index < -0.39 is 53.2 Å². The molecule has 1 saturated carbocycles. The SMILES string of the molecule is CC(=O)c1ccc(N2C(=O)[C@H]3[C@H](CC=C4[C@H]3C[C@H]3C(=O)N(c5ccc(C(C)=O)cc5)C(=O)[C@H]3[C@H]4c3cc(Cl)ccc3O)C2=O)cc1. The number of hydrogen-bond acceptors (Lipinski definition) is 7. The van der Waals surface area contributed by atoms with Crippen molar-refractivity contribution in [3.8, 4) is 5.75 Å². The lowest BCUT2D eigenvalue weighted by Gasteiger charge is -2.44. The number of carbonyl (C=O) groups excluding carboxylic acids is 6. The number of rotatable bonds is 5. The lowest BCUT2D eigenvalue weighted by Crippen LogP contribution is -2.43. The number of carbonyl (C=O) groups is 6. The van der Waals surface area contributed by atoms with Gasteiger partial charge in [0.25, 0.3) is 0 Å². The van der Waals surface area contributed by atoms with E-state index in [2.05, 4.69) is 0 Å². The zero-order chi connectivity index (χ0) is 32.6. The molecule has 0 unspecified atom stereocenters. The highest BCUT2D eigenvalue weighted by Crippen LogP contribution is 2.59. The zero-order valence-electron chi connectivity index (χ0n) is 25.0. The van der Waals surface area contributed by atoms with Crippen molar-refractivity contribution >= 4 is 58.2 Å². The number of phenolic OH excluding ortho intramolecular Hbond substituents is 1. The van der Waals surface area contributed by atoms with E-state index in [1.165, 1.54) is 30.9 Å². The predicted octanol–water partition coefficient (Wildman–Crippen LogP) is 5.50. The van der Waals surface area contributed by atoms with Crippen LogP contribution < -0.4 is 9.80 Å². The van der Waals surface area contributed by atoms with Gasteiger partial charge in [-0.25, -0.2) is 0 Å². The number of fused-ring (bicyclic) bond motifs is 4. The summed E-state index contributed by atoms with van der Waals surface area (Å²) >= 11 is 6.39. The summed E-state index contributed by atoms with van der Waals surface area (Å²) < 4.78 is 0. The molecule has 3 aromatic carbocycles. The molecule has 2 saturated heterocycles. The topological polar surface area (TPSA) is 129 Å². The van der Waals surface area contributed by atoms with Gasteiger partial charge in [0.2, 0.25) is 23.6 Å². The number of aromatic hydroxyl groups is 1. The molecule has 6 atom stereocenters. The molecule has 7 rings (SSSR count). The van der Waals surface area contributed by atoms with Crippen LogP contribution in [0.3, 0.4) is 0 Å². The van der Waals surface area contributed by atoms with Gasteiger partial charge in [-0.1, -0.05) is 23.3 Å². The molecule has 4 aliphatic rings. The number of Topliss-reactive ketones (excluding diaryl/α,β-unsaturated/α-hetero) is 2. The Bertz CT molecular complexity index is 1900. The van der Waals surface area contributed by atoms with E-state index in [4.69, 9.17) is 11.6 Å². The van der Waals surface area contributed by atoms with Crippen LogP contribution in [-0.4, -0.2) is 40.3 Å². The van der Waals surface area contributed by atoms with E-state index in [0.717, 1.165) is 10.5 Å². The summed E-state index contributed by atoms with van der Waals surface area (Å²) in [5.41, 5.74) is 2.68. The standard InChI is InChI=1S/C36H29ClN2O7/c1-17(40)19-3-8-22(9-4-19)38-33(43)25-13-12-24-26(31(25)35(38)45)16-28-32(30(24)27-15-21(37)7-14-29(27)42)36(46)39(34(28)44)23-10-5-20(6-11-23)18(2)41/h3-12,14-15,25-26,28,30-32,42H,13,16H2,1-2H3/t25-,26+,28+,30+,31-,32+/m0/s1. The van der Waals surface area contributed by atoms with Crippen molar-refractivity contribution in [2.24, 2.45) is 29.6 Å². The Morgan fingerprint density at radius 3 is 1.76 bits per heavy atom. The molecule has 2 aliphatic heterocycles. The molecule has 1 N–H and O–H groups in total. The molecule has 2 aliphatic carbocycles. The van der Waals surface area contributed by atoms with Crippen molar-refractivity contribution < 1.29 is 33.9 Å². The normalized spacial score (nSPS) is 26.9. The Hall–Kier alpha value is -4.89. The highest BCUT2D eigenvalue weighted by atomic mass is 35.5. The monoisotopic (exact) mass is 636 g/mol. The minimum atomic E-state index is -0.883. The molecule has 2 heterocycles. The molecule has 4 amide bonds. The quantitative estimate of drug-likeness (QED) is 0.223.